The largest absolute Gasteiger partial charge is 0.495 e. The van der Waals surface area contributed by atoms with E-state index in [-0.39, 0.29) is 11.8 Å². The highest BCUT2D eigenvalue weighted by Gasteiger charge is 2.35. The lowest BCUT2D eigenvalue weighted by Crippen LogP contribution is -2.25. The molecule has 2 heterocycles. The molecule has 0 N–H and O–H groups in total. The Morgan fingerprint density at radius 1 is 1.11 bits per heavy atom. The van der Waals surface area contributed by atoms with E-state index in [9.17, 15) is 4.79 Å². The first-order chi connectivity index (χ1) is 13.7. The first-order valence-electron chi connectivity index (χ1n) is 10.1. The molecule has 0 radical (unpaired) electrons. The number of unbranched alkanes of at least 4 members (excludes halogenated alkanes) is 2. The Bertz CT molecular complexity index is 979. The highest BCUT2D eigenvalue weighted by atomic mass is 16.5. The van der Waals surface area contributed by atoms with Crippen molar-refractivity contribution in [3.05, 3.63) is 54.4 Å². The lowest BCUT2D eigenvalue weighted by molar-refractivity contribution is -0.117. The number of anilines is 1. The van der Waals surface area contributed by atoms with Gasteiger partial charge in [-0.3, -0.25) is 4.79 Å². The van der Waals surface area contributed by atoms with Crippen molar-refractivity contribution in [1.29, 1.82) is 0 Å². The third-order valence-corrected chi connectivity index (χ3v) is 5.54. The van der Waals surface area contributed by atoms with E-state index in [1.165, 1.54) is 12.8 Å². The minimum absolute atomic E-state index is 0.0893. The van der Waals surface area contributed by atoms with Gasteiger partial charge in [-0.1, -0.05) is 44.0 Å². The number of benzene rings is 2. The van der Waals surface area contributed by atoms with Crippen molar-refractivity contribution in [2.75, 3.05) is 18.6 Å². The summed E-state index contributed by atoms with van der Waals surface area (Å²) in [5.74, 6) is 1.98. The van der Waals surface area contributed by atoms with E-state index in [1.807, 2.05) is 35.2 Å². The molecule has 2 aromatic carbocycles. The Hall–Kier alpha value is -2.82. The number of fused-ring (bicyclic) bond motifs is 1. The maximum atomic E-state index is 12.8. The molecule has 146 valence electrons. The molecule has 0 spiro atoms. The topological polar surface area (TPSA) is 47.4 Å². The van der Waals surface area contributed by atoms with Crippen LogP contribution in [0.2, 0.25) is 0 Å². The zero-order chi connectivity index (χ0) is 19.5. The maximum Gasteiger partial charge on any atom is 0.227 e. The van der Waals surface area contributed by atoms with Crippen molar-refractivity contribution in [2.45, 2.75) is 45.1 Å². The van der Waals surface area contributed by atoms with Crippen LogP contribution in [0.5, 0.6) is 5.75 Å². The van der Waals surface area contributed by atoms with Gasteiger partial charge in [0, 0.05) is 25.4 Å². The molecule has 28 heavy (non-hydrogen) atoms. The minimum Gasteiger partial charge on any atom is -0.495 e. The van der Waals surface area contributed by atoms with Gasteiger partial charge in [-0.2, -0.15) is 0 Å². The molecule has 1 fully saturated rings. The molecule has 1 saturated heterocycles. The molecule has 1 amide bonds. The van der Waals surface area contributed by atoms with Crippen molar-refractivity contribution in [3.63, 3.8) is 0 Å². The molecule has 0 bridgehead atoms. The molecule has 1 aliphatic rings. The summed E-state index contributed by atoms with van der Waals surface area (Å²) in [5, 5.41) is 0. The van der Waals surface area contributed by atoms with Gasteiger partial charge in [0.05, 0.1) is 23.8 Å². The predicted molar refractivity (Wildman–Crippen MR) is 112 cm³/mol. The molecule has 3 aromatic rings. The summed E-state index contributed by atoms with van der Waals surface area (Å²) in [6.07, 6.45) is 3.99. The Kier molecular flexibility index (Phi) is 5.33. The van der Waals surface area contributed by atoms with Gasteiger partial charge in [0.15, 0.2) is 0 Å². The maximum absolute atomic E-state index is 12.8. The van der Waals surface area contributed by atoms with Gasteiger partial charge in [-0.15, -0.1) is 0 Å². The second-order valence-electron chi connectivity index (χ2n) is 7.39. The van der Waals surface area contributed by atoms with Crippen LogP contribution in [0.25, 0.3) is 11.0 Å². The molecule has 5 nitrogen and oxygen atoms in total. The number of para-hydroxylation sites is 4. The molecular formula is C23H27N3O2. The number of aromatic nitrogens is 2. The van der Waals surface area contributed by atoms with Crippen molar-refractivity contribution < 1.29 is 9.53 Å². The number of hydrogen-bond acceptors (Lipinski definition) is 3. The Morgan fingerprint density at radius 2 is 1.89 bits per heavy atom. The summed E-state index contributed by atoms with van der Waals surface area (Å²) in [4.78, 5) is 19.6. The summed E-state index contributed by atoms with van der Waals surface area (Å²) in [7, 11) is 1.64. The van der Waals surface area contributed by atoms with Crippen LogP contribution in [0, 0.1) is 0 Å². The number of aryl methyl sites for hydroxylation is 1. The van der Waals surface area contributed by atoms with Gasteiger partial charge in [0.1, 0.15) is 11.6 Å². The van der Waals surface area contributed by atoms with Crippen molar-refractivity contribution in [1.82, 2.24) is 9.55 Å². The van der Waals surface area contributed by atoms with E-state index in [1.54, 1.807) is 7.11 Å². The third kappa shape index (κ3) is 3.37. The van der Waals surface area contributed by atoms with Crippen molar-refractivity contribution >= 4 is 22.6 Å². The SMILES string of the molecule is CCCCCn1c([C@@H]2CC(=O)N(c3ccccc3OC)C2)nc2ccccc21. The van der Waals surface area contributed by atoms with Crippen LogP contribution in [0.3, 0.4) is 0 Å². The first kappa shape index (κ1) is 18.5. The molecule has 0 saturated carbocycles. The molecule has 4 rings (SSSR count). The molecule has 0 unspecified atom stereocenters. The molecule has 0 aliphatic carbocycles. The Labute approximate surface area is 165 Å². The molecule has 1 aromatic heterocycles. The zero-order valence-corrected chi connectivity index (χ0v) is 16.6. The number of ether oxygens (including phenoxy) is 1. The van der Waals surface area contributed by atoms with Crippen LogP contribution < -0.4 is 9.64 Å². The summed E-state index contributed by atoms with van der Waals surface area (Å²) >= 11 is 0. The highest BCUT2D eigenvalue weighted by Crippen LogP contribution is 2.37. The standard InChI is InChI=1S/C23H27N3O2/c1-3-4-9-14-25-19-11-6-5-10-18(19)24-23(25)17-15-22(27)26(16-17)20-12-7-8-13-21(20)28-2/h5-8,10-13,17H,3-4,9,14-16H2,1-2H3/t17-/m1/s1. The van der Waals surface area contributed by atoms with Gasteiger partial charge in [-0.25, -0.2) is 4.98 Å². The highest BCUT2D eigenvalue weighted by molar-refractivity contribution is 5.97. The number of rotatable bonds is 7. The van der Waals surface area contributed by atoms with Gasteiger partial charge < -0.3 is 14.2 Å². The molecule has 5 heteroatoms. The van der Waals surface area contributed by atoms with Crippen LogP contribution in [0.15, 0.2) is 48.5 Å². The fourth-order valence-electron chi connectivity index (χ4n) is 4.13. The lowest BCUT2D eigenvalue weighted by Gasteiger charge is -2.19. The average Bonchev–Trinajstić information content (AvgIpc) is 3.29. The predicted octanol–water partition coefficient (Wildman–Crippen LogP) is 4.76. The monoisotopic (exact) mass is 377 g/mol. The van der Waals surface area contributed by atoms with Crippen LogP contribution in [-0.2, 0) is 11.3 Å². The first-order valence-corrected chi connectivity index (χ1v) is 10.1. The normalized spacial score (nSPS) is 16.9. The molecular weight excluding hydrogens is 350 g/mol. The van der Waals surface area contributed by atoms with Gasteiger partial charge in [-0.05, 0) is 30.7 Å². The average molecular weight is 377 g/mol. The summed E-state index contributed by atoms with van der Waals surface area (Å²) in [6, 6.07) is 16.0. The molecule has 1 aliphatic heterocycles. The number of nitrogens with zero attached hydrogens (tertiary/aromatic N) is 3. The summed E-state index contributed by atoms with van der Waals surface area (Å²) in [5.41, 5.74) is 3.01. The smallest absolute Gasteiger partial charge is 0.227 e. The number of amides is 1. The van der Waals surface area contributed by atoms with Crippen LogP contribution >= 0.6 is 0 Å². The number of hydrogen-bond donors (Lipinski definition) is 0. The second kappa shape index (κ2) is 8.05. The van der Waals surface area contributed by atoms with E-state index in [0.717, 1.165) is 41.3 Å². The molecule has 1 atom stereocenters. The van der Waals surface area contributed by atoms with E-state index >= 15 is 0 Å². The quantitative estimate of drug-likeness (QED) is 0.558. The lowest BCUT2D eigenvalue weighted by atomic mass is 10.1. The van der Waals surface area contributed by atoms with E-state index in [0.29, 0.717) is 13.0 Å². The van der Waals surface area contributed by atoms with E-state index in [4.69, 9.17) is 9.72 Å². The number of imidazole rings is 1. The number of carbonyl (C=O) groups excluding carboxylic acids is 1. The van der Waals surface area contributed by atoms with Crippen LogP contribution in [-0.4, -0.2) is 29.1 Å². The van der Waals surface area contributed by atoms with E-state index in [2.05, 4.69) is 29.7 Å². The Morgan fingerprint density at radius 3 is 2.71 bits per heavy atom. The minimum atomic E-state index is 0.0893. The van der Waals surface area contributed by atoms with Crippen molar-refractivity contribution in [3.8, 4) is 5.75 Å². The summed E-state index contributed by atoms with van der Waals surface area (Å²) in [6.45, 7) is 3.80. The van der Waals surface area contributed by atoms with Crippen molar-refractivity contribution in [2.24, 2.45) is 0 Å². The zero-order valence-electron chi connectivity index (χ0n) is 16.6. The van der Waals surface area contributed by atoms with E-state index < -0.39 is 0 Å². The van der Waals surface area contributed by atoms with Crippen LogP contribution in [0.1, 0.15) is 44.3 Å². The van der Waals surface area contributed by atoms with Gasteiger partial charge in [0.2, 0.25) is 5.91 Å². The fraction of sp³-hybridized carbons (Fsp3) is 0.391. The second-order valence-corrected chi connectivity index (χ2v) is 7.39. The van der Waals surface area contributed by atoms with Crippen LogP contribution in [0.4, 0.5) is 5.69 Å². The number of methoxy groups -OCH3 is 1. The van der Waals surface area contributed by atoms with Gasteiger partial charge in [0.25, 0.3) is 0 Å². The summed E-state index contributed by atoms with van der Waals surface area (Å²) < 4.78 is 7.80. The van der Waals surface area contributed by atoms with Gasteiger partial charge >= 0.3 is 0 Å². The third-order valence-electron chi connectivity index (χ3n) is 5.54. The Balaban J connectivity index is 1.67. The number of carbonyl (C=O) groups is 1. The fourth-order valence-corrected chi connectivity index (χ4v) is 4.13.